The van der Waals surface area contributed by atoms with Gasteiger partial charge in [0.1, 0.15) is 13.2 Å². The van der Waals surface area contributed by atoms with Crippen molar-refractivity contribution >= 4 is 17.9 Å². The molecule has 0 fully saturated rings. The van der Waals surface area contributed by atoms with Crippen LogP contribution >= 0.6 is 0 Å². The fraction of sp³-hybridized carbons (Fsp3) is 0.875. The lowest BCUT2D eigenvalue weighted by molar-refractivity contribution is -0.167. The second kappa shape index (κ2) is 67.1. The summed E-state index contributed by atoms with van der Waals surface area (Å²) in [4.78, 5) is 38.3. The van der Waals surface area contributed by atoms with E-state index < -0.39 is 6.10 Å². The first-order valence-electron chi connectivity index (χ1n) is 35.0. The van der Waals surface area contributed by atoms with Gasteiger partial charge in [0, 0.05) is 19.3 Å². The van der Waals surface area contributed by atoms with Gasteiger partial charge in [0.25, 0.3) is 0 Å². The number of esters is 3. The molecule has 0 aromatic rings. The summed E-state index contributed by atoms with van der Waals surface area (Å²) in [5.74, 6) is -0.880. The van der Waals surface area contributed by atoms with Gasteiger partial charge in [-0.3, -0.25) is 14.4 Å². The van der Waals surface area contributed by atoms with Crippen molar-refractivity contribution in [3.63, 3.8) is 0 Å². The number of hydrogen-bond acceptors (Lipinski definition) is 6. The van der Waals surface area contributed by atoms with Crippen molar-refractivity contribution in [3.05, 3.63) is 36.5 Å². The first-order valence-corrected chi connectivity index (χ1v) is 35.0. The molecule has 0 amide bonds. The molecule has 0 aromatic heterocycles. The molecule has 6 heteroatoms. The Morgan fingerprint density at radius 3 is 0.782 bits per heavy atom. The van der Waals surface area contributed by atoms with E-state index in [0.29, 0.717) is 19.3 Å². The van der Waals surface area contributed by atoms with E-state index in [2.05, 4.69) is 57.2 Å². The number of hydrogen-bond donors (Lipinski definition) is 0. The van der Waals surface area contributed by atoms with Gasteiger partial charge < -0.3 is 14.2 Å². The summed E-state index contributed by atoms with van der Waals surface area (Å²) in [5, 5.41) is 0. The Morgan fingerprint density at radius 1 is 0.269 bits per heavy atom. The van der Waals surface area contributed by atoms with E-state index in [-0.39, 0.29) is 31.1 Å². The van der Waals surface area contributed by atoms with E-state index in [1.807, 2.05) is 0 Å². The average molecular weight is 1100 g/mol. The molecule has 458 valence electrons. The molecular formula is C72H134O6. The van der Waals surface area contributed by atoms with Crippen molar-refractivity contribution in [2.24, 2.45) is 0 Å². The highest BCUT2D eigenvalue weighted by Gasteiger charge is 2.19. The van der Waals surface area contributed by atoms with Gasteiger partial charge in [-0.2, -0.15) is 0 Å². The fourth-order valence-electron chi connectivity index (χ4n) is 10.7. The first-order chi connectivity index (χ1) is 38.5. The molecule has 78 heavy (non-hydrogen) atoms. The minimum Gasteiger partial charge on any atom is -0.462 e. The lowest BCUT2D eigenvalue weighted by Gasteiger charge is -2.18. The van der Waals surface area contributed by atoms with Gasteiger partial charge in [-0.25, -0.2) is 0 Å². The molecule has 0 aliphatic carbocycles. The Morgan fingerprint density at radius 2 is 0.500 bits per heavy atom. The molecule has 0 spiro atoms. The summed E-state index contributed by atoms with van der Waals surface area (Å²) in [5.41, 5.74) is 0. The maximum atomic E-state index is 12.9. The topological polar surface area (TPSA) is 78.9 Å². The lowest BCUT2D eigenvalue weighted by Crippen LogP contribution is -2.30. The van der Waals surface area contributed by atoms with Gasteiger partial charge in [-0.1, -0.05) is 353 Å². The summed E-state index contributed by atoms with van der Waals surface area (Å²) < 4.78 is 16.9. The number of allylic oxidation sites excluding steroid dienone is 6. The van der Waals surface area contributed by atoms with Crippen LogP contribution in [0, 0.1) is 0 Å². The van der Waals surface area contributed by atoms with Gasteiger partial charge in [-0.15, -0.1) is 0 Å². The van der Waals surface area contributed by atoms with Crippen LogP contribution < -0.4 is 0 Å². The zero-order valence-corrected chi connectivity index (χ0v) is 52.7. The predicted molar refractivity (Wildman–Crippen MR) is 339 cm³/mol. The van der Waals surface area contributed by atoms with E-state index in [1.165, 1.54) is 263 Å². The maximum absolute atomic E-state index is 12.9. The molecule has 1 atom stereocenters. The van der Waals surface area contributed by atoms with Crippen molar-refractivity contribution in [2.75, 3.05) is 13.2 Å². The van der Waals surface area contributed by atoms with Crippen LogP contribution in [0.1, 0.15) is 387 Å². The number of unbranched alkanes of at least 4 members (excludes halogenated alkanes) is 48. The van der Waals surface area contributed by atoms with Crippen LogP contribution in [0.3, 0.4) is 0 Å². The number of carbonyl (C=O) groups excluding carboxylic acids is 3. The molecule has 0 aliphatic rings. The molecule has 0 bridgehead atoms. The SMILES string of the molecule is CC/C=C\C/C=C\C/C=C\CCCCCC(=O)OCC(COC(=O)CCCCCCCCCCCCCCCCCCCCCCCCCCCCCCCCC)OC(=O)CCCCCCCCCCCCCCCCCC. The molecule has 0 saturated heterocycles. The summed E-state index contributed by atoms with van der Waals surface area (Å²) in [6, 6.07) is 0. The number of ether oxygens (including phenoxy) is 3. The number of rotatable bonds is 65. The lowest BCUT2D eigenvalue weighted by atomic mass is 10.0. The second-order valence-corrected chi connectivity index (χ2v) is 23.8. The molecule has 0 saturated carbocycles. The molecule has 1 unspecified atom stereocenters. The normalized spacial score (nSPS) is 12.2. The highest BCUT2D eigenvalue weighted by atomic mass is 16.6. The zero-order valence-electron chi connectivity index (χ0n) is 52.7. The molecule has 0 heterocycles. The predicted octanol–water partition coefficient (Wildman–Crippen LogP) is 23.9. The van der Waals surface area contributed by atoms with Gasteiger partial charge in [0.05, 0.1) is 0 Å². The van der Waals surface area contributed by atoms with E-state index in [1.54, 1.807) is 0 Å². The second-order valence-electron chi connectivity index (χ2n) is 23.8. The average Bonchev–Trinajstić information content (AvgIpc) is 3.44. The zero-order chi connectivity index (χ0) is 56.4. The van der Waals surface area contributed by atoms with Crippen LogP contribution in [0.25, 0.3) is 0 Å². The van der Waals surface area contributed by atoms with Gasteiger partial charge in [0.2, 0.25) is 0 Å². The van der Waals surface area contributed by atoms with E-state index in [9.17, 15) is 14.4 Å². The van der Waals surface area contributed by atoms with Crippen LogP contribution in [0.2, 0.25) is 0 Å². The molecule has 0 rings (SSSR count). The summed E-state index contributed by atoms with van der Waals surface area (Å²) in [7, 11) is 0. The van der Waals surface area contributed by atoms with Crippen molar-refractivity contribution in [1.82, 2.24) is 0 Å². The van der Waals surface area contributed by atoms with Gasteiger partial charge >= 0.3 is 17.9 Å². The third kappa shape index (κ3) is 64.5. The molecular weight excluding hydrogens is 961 g/mol. The standard InChI is InChI=1S/C72H134O6/c1-4-7-10-13-16-19-22-25-27-29-30-31-32-33-34-35-36-37-38-39-40-41-42-43-45-47-50-53-56-59-62-65-71(74)77-68-69(67-76-70(73)64-61-58-55-52-49-46-24-21-18-15-12-9-6-3)78-72(75)66-63-60-57-54-51-48-44-28-26-23-20-17-14-11-8-5-2/h9,12,18,21,46,49,69H,4-8,10-11,13-17,19-20,22-45,47-48,50-68H2,1-3H3/b12-9-,21-18-,49-46-. The summed E-state index contributed by atoms with van der Waals surface area (Å²) in [6.45, 7) is 6.57. The Bertz CT molecular complexity index is 1300. The quantitative estimate of drug-likeness (QED) is 0.0261. The molecule has 0 radical (unpaired) electrons. The van der Waals surface area contributed by atoms with Crippen molar-refractivity contribution in [1.29, 1.82) is 0 Å². The monoisotopic (exact) mass is 1100 g/mol. The van der Waals surface area contributed by atoms with Crippen LogP contribution in [0.5, 0.6) is 0 Å². The van der Waals surface area contributed by atoms with Crippen molar-refractivity contribution in [2.45, 2.75) is 393 Å². The van der Waals surface area contributed by atoms with Crippen LogP contribution in [0.15, 0.2) is 36.5 Å². The molecule has 0 N–H and O–H groups in total. The summed E-state index contributed by atoms with van der Waals surface area (Å²) in [6.07, 6.45) is 83.4. The van der Waals surface area contributed by atoms with Crippen molar-refractivity contribution in [3.8, 4) is 0 Å². The number of carbonyl (C=O) groups is 3. The van der Waals surface area contributed by atoms with E-state index in [0.717, 1.165) is 83.5 Å². The molecule has 6 nitrogen and oxygen atoms in total. The van der Waals surface area contributed by atoms with E-state index in [4.69, 9.17) is 14.2 Å². The Labute approximate surface area is 486 Å². The smallest absolute Gasteiger partial charge is 0.306 e. The van der Waals surface area contributed by atoms with Crippen LogP contribution in [-0.4, -0.2) is 37.2 Å². The largest absolute Gasteiger partial charge is 0.462 e. The minimum atomic E-state index is -0.781. The Hall–Kier alpha value is -2.37. The third-order valence-corrected chi connectivity index (χ3v) is 15.9. The maximum Gasteiger partial charge on any atom is 0.306 e. The first kappa shape index (κ1) is 75.6. The molecule has 0 aromatic carbocycles. The minimum absolute atomic E-state index is 0.0760. The van der Waals surface area contributed by atoms with E-state index >= 15 is 0 Å². The van der Waals surface area contributed by atoms with Gasteiger partial charge in [0.15, 0.2) is 6.10 Å². The van der Waals surface area contributed by atoms with Crippen LogP contribution in [0.4, 0.5) is 0 Å². The van der Waals surface area contributed by atoms with Gasteiger partial charge in [-0.05, 0) is 51.4 Å². The Kier molecular flexibility index (Phi) is 65.1. The Balaban J connectivity index is 4.11. The van der Waals surface area contributed by atoms with Crippen LogP contribution in [-0.2, 0) is 28.6 Å². The highest BCUT2D eigenvalue weighted by Crippen LogP contribution is 2.19. The highest BCUT2D eigenvalue weighted by molar-refractivity contribution is 5.71. The van der Waals surface area contributed by atoms with Crippen molar-refractivity contribution < 1.29 is 28.6 Å². The fourth-order valence-corrected chi connectivity index (χ4v) is 10.7. The summed E-state index contributed by atoms with van der Waals surface area (Å²) >= 11 is 0. The molecule has 0 aliphatic heterocycles. The third-order valence-electron chi connectivity index (χ3n) is 15.9.